The van der Waals surface area contributed by atoms with Crippen LogP contribution in [0.5, 0.6) is 0 Å². The molecule has 1 fully saturated rings. The normalized spacial score (nSPS) is 14.8. The predicted octanol–water partition coefficient (Wildman–Crippen LogP) is 2.37. The van der Waals surface area contributed by atoms with Crippen molar-refractivity contribution in [1.82, 2.24) is 15.2 Å². The number of aromatic nitrogens is 1. The number of rotatable bonds is 8. The van der Waals surface area contributed by atoms with Crippen LogP contribution in [0.3, 0.4) is 0 Å². The van der Waals surface area contributed by atoms with Crippen molar-refractivity contribution in [2.45, 2.75) is 31.8 Å². The fourth-order valence-electron chi connectivity index (χ4n) is 2.09. The molecular formula is C15H25ClN4. The van der Waals surface area contributed by atoms with Crippen LogP contribution in [0.25, 0.3) is 0 Å². The van der Waals surface area contributed by atoms with Gasteiger partial charge in [-0.2, -0.15) is 0 Å². The molecule has 1 aliphatic rings. The number of anilines is 1. The third-order valence-corrected chi connectivity index (χ3v) is 3.91. The highest BCUT2D eigenvalue weighted by Gasteiger charge is 2.20. The fourth-order valence-corrected chi connectivity index (χ4v) is 2.26. The van der Waals surface area contributed by atoms with Crippen LogP contribution in [-0.2, 0) is 6.54 Å². The van der Waals surface area contributed by atoms with Gasteiger partial charge in [0.15, 0.2) is 0 Å². The van der Waals surface area contributed by atoms with E-state index >= 15 is 0 Å². The molecule has 1 saturated carbocycles. The van der Waals surface area contributed by atoms with Crippen molar-refractivity contribution in [2.75, 3.05) is 39.1 Å². The summed E-state index contributed by atoms with van der Waals surface area (Å²) < 4.78 is 0. The van der Waals surface area contributed by atoms with Crippen molar-refractivity contribution < 1.29 is 0 Å². The lowest BCUT2D eigenvalue weighted by atomic mass is 10.2. The molecule has 20 heavy (non-hydrogen) atoms. The standard InChI is InChI=1S/C15H25ClN4/c1-19(2)7-4-8-20(3)15-9-12(14(16)11-18-15)10-17-13-5-6-13/h9,11,13,17H,4-8,10H2,1-3H3. The minimum atomic E-state index is 0.695. The van der Waals surface area contributed by atoms with Crippen molar-refractivity contribution in [3.05, 3.63) is 22.8 Å². The van der Waals surface area contributed by atoms with E-state index in [1.54, 1.807) is 6.20 Å². The van der Waals surface area contributed by atoms with E-state index in [9.17, 15) is 0 Å². The first-order chi connectivity index (χ1) is 9.56. The number of hydrogen-bond acceptors (Lipinski definition) is 4. The summed E-state index contributed by atoms with van der Waals surface area (Å²) in [5, 5.41) is 4.25. The lowest BCUT2D eigenvalue weighted by Crippen LogP contribution is -2.24. The van der Waals surface area contributed by atoms with Crippen LogP contribution in [-0.4, -0.2) is 50.2 Å². The number of pyridine rings is 1. The topological polar surface area (TPSA) is 31.4 Å². The summed E-state index contributed by atoms with van der Waals surface area (Å²) >= 11 is 6.22. The Kier molecular flexibility index (Phi) is 5.64. The molecule has 0 amide bonds. The first-order valence-electron chi connectivity index (χ1n) is 7.30. The first-order valence-corrected chi connectivity index (χ1v) is 7.67. The highest BCUT2D eigenvalue weighted by Crippen LogP contribution is 2.23. The van der Waals surface area contributed by atoms with Crippen LogP contribution < -0.4 is 10.2 Å². The highest BCUT2D eigenvalue weighted by atomic mass is 35.5. The van der Waals surface area contributed by atoms with Gasteiger partial charge in [-0.1, -0.05) is 11.6 Å². The van der Waals surface area contributed by atoms with E-state index in [1.807, 2.05) is 0 Å². The summed E-state index contributed by atoms with van der Waals surface area (Å²) in [6.45, 7) is 2.93. The van der Waals surface area contributed by atoms with Gasteiger partial charge in [-0.05, 0) is 51.5 Å². The number of nitrogens with one attached hydrogen (secondary N) is 1. The zero-order valence-electron chi connectivity index (χ0n) is 12.7. The molecular weight excluding hydrogens is 272 g/mol. The van der Waals surface area contributed by atoms with Crippen molar-refractivity contribution in [3.8, 4) is 0 Å². The summed E-state index contributed by atoms with van der Waals surface area (Å²) in [5.41, 5.74) is 1.14. The Labute approximate surface area is 127 Å². The van der Waals surface area contributed by atoms with Gasteiger partial charge in [-0.25, -0.2) is 4.98 Å². The second-order valence-corrected chi connectivity index (χ2v) is 6.27. The molecule has 0 saturated heterocycles. The van der Waals surface area contributed by atoms with Gasteiger partial charge in [0.25, 0.3) is 0 Å². The molecule has 1 aliphatic carbocycles. The molecule has 0 spiro atoms. The smallest absolute Gasteiger partial charge is 0.128 e. The third-order valence-electron chi connectivity index (χ3n) is 3.57. The average molecular weight is 297 g/mol. The van der Waals surface area contributed by atoms with Gasteiger partial charge in [-0.15, -0.1) is 0 Å². The fraction of sp³-hybridized carbons (Fsp3) is 0.667. The molecule has 0 aliphatic heterocycles. The predicted molar refractivity (Wildman–Crippen MR) is 85.5 cm³/mol. The SMILES string of the molecule is CN(C)CCCN(C)c1cc(CNC2CC2)c(Cl)cn1. The molecule has 5 heteroatoms. The summed E-state index contributed by atoms with van der Waals surface area (Å²) in [4.78, 5) is 8.83. The first kappa shape index (κ1) is 15.5. The van der Waals surface area contributed by atoms with Gasteiger partial charge in [0.05, 0.1) is 5.02 Å². The average Bonchev–Trinajstić information content (AvgIpc) is 3.21. The maximum absolute atomic E-state index is 6.22. The number of hydrogen-bond donors (Lipinski definition) is 1. The Hall–Kier alpha value is -0.840. The molecule has 4 nitrogen and oxygen atoms in total. The molecule has 0 atom stereocenters. The van der Waals surface area contributed by atoms with E-state index in [-0.39, 0.29) is 0 Å². The van der Waals surface area contributed by atoms with Gasteiger partial charge >= 0.3 is 0 Å². The Bertz CT molecular complexity index is 432. The summed E-state index contributed by atoms with van der Waals surface area (Å²) in [6, 6.07) is 2.80. The van der Waals surface area contributed by atoms with Crippen LogP contribution >= 0.6 is 11.6 Å². The minimum Gasteiger partial charge on any atom is -0.360 e. The molecule has 1 heterocycles. The van der Waals surface area contributed by atoms with Crippen molar-refractivity contribution >= 4 is 17.4 Å². The Morgan fingerprint density at radius 3 is 2.70 bits per heavy atom. The van der Waals surface area contributed by atoms with Crippen LogP contribution in [0.4, 0.5) is 5.82 Å². The second kappa shape index (κ2) is 7.25. The van der Waals surface area contributed by atoms with Crippen LogP contribution in [0.2, 0.25) is 5.02 Å². The van der Waals surface area contributed by atoms with Gasteiger partial charge < -0.3 is 15.1 Å². The molecule has 0 aromatic carbocycles. The van der Waals surface area contributed by atoms with Crippen molar-refractivity contribution in [2.24, 2.45) is 0 Å². The largest absolute Gasteiger partial charge is 0.360 e. The zero-order valence-corrected chi connectivity index (χ0v) is 13.5. The summed E-state index contributed by atoms with van der Waals surface area (Å²) in [5.74, 6) is 1.00. The molecule has 0 bridgehead atoms. The minimum absolute atomic E-state index is 0.695. The van der Waals surface area contributed by atoms with Crippen LogP contribution in [0.15, 0.2) is 12.3 Å². The zero-order chi connectivity index (χ0) is 14.5. The molecule has 0 radical (unpaired) electrons. The molecule has 1 N–H and O–H groups in total. The Morgan fingerprint density at radius 1 is 1.30 bits per heavy atom. The Morgan fingerprint density at radius 2 is 2.05 bits per heavy atom. The highest BCUT2D eigenvalue weighted by molar-refractivity contribution is 6.31. The van der Waals surface area contributed by atoms with E-state index in [0.29, 0.717) is 6.04 Å². The van der Waals surface area contributed by atoms with E-state index < -0.39 is 0 Å². The van der Waals surface area contributed by atoms with Crippen molar-refractivity contribution in [3.63, 3.8) is 0 Å². The van der Waals surface area contributed by atoms with Gasteiger partial charge in [0.1, 0.15) is 5.82 Å². The van der Waals surface area contributed by atoms with Gasteiger partial charge in [0.2, 0.25) is 0 Å². The van der Waals surface area contributed by atoms with E-state index in [4.69, 9.17) is 11.6 Å². The van der Waals surface area contributed by atoms with Crippen LogP contribution in [0.1, 0.15) is 24.8 Å². The van der Waals surface area contributed by atoms with Gasteiger partial charge in [0, 0.05) is 32.4 Å². The molecule has 0 unspecified atom stereocenters. The second-order valence-electron chi connectivity index (χ2n) is 5.87. The van der Waals surface area contributed by atoms with E-state index in [0.717, 1.165) is 42.5 Å². The maximum atomic E-state index is 6.22. The van der Waals surface area contributed by atoms with Gasteiger partial charge in [-0.3, -0.25) is 0 Å². The summed E-state index contributed by atoms with van der Waals surface area (Å²) in [6.07, 6.45) is 5.48. The molecule has 2 rings (SSSR count). The summed E-state index contributed by atoms with van der Waals surface area (Å²) in [7, 11) is 6.29. The lowest BCUT2D eigenvalue weighted by Gasteiger charge is -2.20. The maximum Gasteiger partial charge on any atom is 0.128 e. The van der Waals surface area contributed by atoms with E-state index in [1.165, 1.54) is 12.8 Å². The van der Waals surface area contributed by atoms with Crippen LogP contribution in [0, 0.1) is 0 Å². The number of halogens is 1. The number of nitrogens with zero attached hydrogens (tertiary/aromatic N) is 3. The quantitative estimate of drug-likeness (QED) is 0.798. The van der Waals surface area contributed by atoms with E-state index in [2.05, 4.69) is 47.3 Å². The molecule has 1 aromatic heterocycles. The third kappa shape index (κ3) is 4.93. The molecule has 1 aromatic rings. The monoisotopic (exact) mass is 296 g/mol. The Balaban J connectivity index is 1.90. The molecule has 112 valence electrons. The lowest BCUT2D eigenvalue weighted by molar-refractivity contribution is 0.401. The van der Waals surface area contributed by atoms with Crippen molar-refractivity contribution in [1.29, 1.82) is 0 Å².